The summed E-state index contributed by atoms with van der Waals surface area (Å²) in [6.45, 7) is 6.19. The zero-order chi connectivity index (χ0) is 21.3. The van der Waals surface area contributed by atoms with E-state index >= 15 is 0 Å². The molecule has 0 unspecified atom stereocenters. The average Bonchev–Trinajstić information content (AvgIpc) is 3.02. The topological polar surface area (TPSA) is 87.2 Å². The molecule has 2 heterocycles. The lowest BCUT2D eigenvalue weighted by Gasteiger charge is -2.24. The largest absolute Gasteiger partial charge is 0.376 e. The van der Waals surface area contributed by atoms with Crippen molar-refractivity contribution in [2.45, 2.75) is 33.8 Å². The molecule has 6 nitrogen and oxygen atoms in total. The van der Waals surface area contributed by atoms with Crippen LogP contribution in [0.3, 0.4) is 0 Å². The van der Waals surface area contributed by atoms with Crippen molar-refractivity contribution in [1.29, 1.82) is 0 Å². The summed E-state index contributed by atoms with van der Waals surface area (Å²) >= 11 is 0. The van der Waals surface area contributed by atoms with Crippen LogP contribution in [0.15, 0.2) is 30.4 Å². The Balaban J connectivity index is 2.00. The molecular formula is C21H23F2N3O3. The van der Waals surface area contributed by atoms with Gasteiger partial charge in [-0.25, -0.2) is 13.5 Å². The van der Waals surface area contributed by atoms with Crippen LogP contribution >= 0.6 is 0 Å². The average molecular weight is 403 g/mol. The summed E-state index contributed by atoms with van der Waals surface area (Å²) in [5.41, 5.74) is 7.04. The standard InChI is InChI=1S/C21H23F2N3O3/c1-21(2,3)14(20(24)28)5-7-18(27)26-17-8-9-29-11-13(17)19(25-26)12-4-6-15(22)16(23)10-12/h4-7,10,14H,8-9,11H2,1-3H3,(H2,24,28)/b7-5-/t14-/m1/s1. The molecule has 1 aliphatic heterocycles. The second-order valence-electron chi connectivity index (χ2n) is 8.06. The van der Waals surface area contributed by atoms with Crippen LogP contribution in [0.5, 0.6) is 0 Å². The number of ether oxygens (including phenoxy) is 1. The third-order valence-electron chi connectivity index (χ3n) is 4.89. The van der Waals surface area contributed by atoms with E-state index in [0.29, 0.717) is 35.5 Å². The van der Waals surface area contributed by atoms with Gasteiger partial charge in [-0.1, -0.05) is 26.8 Å². The van der Waals surface area contributed by atoms with Gasteiger partial charge in [0.25, 0.3) is 5.91 Å². The summed E-state index contributed by atoms with van der Waals surface area (Å²) < 4.78 is 33.7. The first-order chi connectivity index (χ1) is 13.6. The predicted octanol–water partition coefficient (Wildman–Crippen LogP) is 3.25. The number of nitrogens with two attached hydrogens (primary N) is 1. The van der Waals surface area contributed by atoms with Crippen molar-refractivity contribution in [1.82, 2.24) is 9.78 Å². The fourth-order valence-corrected chi connectivity index (χ4v) is 3.35. The molecule has 0 saturated heterocycles. The van der Waals surface area contributed by atoms with Gasteiger partial charge in [-0.15, -0.1) is 0 Å². The van der Waals surface area contributed by atoms with Crippen LogP contribution in [0.2, 0.25) is 0 Å². The molecule has 154 valence electrons. The maximum absolute atomic E-state index is 13.7. The number of allylic oxidation sites excluding steroid dienone is 1. The number of aromatic nitrogens is 2. The first-order valence-electron chi connectivity index (χ1n) is 9.25. The van der Waals surface area contributed by atoms with Gasteiger partial charge < -0.3 is 10.5 Å². The maximum atomic E-state index is 13.7. The third-order valence-corrected chi connectivity index (χ3v) is 4.89. The fourth-order valence-electron chi connectivity index (χ4n) is 3.35. The molecule has 2 N–H and O–H groups in total. The highest BCUT2D eigenvalue weighted by Gasteiger charge is 2.28. The van der Waals surface area contributed by atoms with E-state index in [1.165, 1.54) is 22.9 Å². The third kappa shape index (κ3) is 4.27. The smallest absolute Gasteiger partial charge is 0.270 e. The Kier molecular flexibility index (Phi) is 5.66. The molecule has 3 rings (SSSR count). The number of carbonyl (C=O) groups is 2. The van der Waals surface area contributed by atoms with Crippen LogP contribution in [-0.2, 0) is 22.6 Å². The molecule has 2 aromatic rings. The van der Waals surface area contributed by atoms with Crippen molar-refractivity contribution in [2.24, 2.45) is 17.1 Å². The maximum Gasteiger partial charge on any atom is 0.270 e. The summed E-state index contributed by atoms with van der Waals surface area (Å²) in [7, 11) is 0. The van der Waals surface area contributed by atoms with Crippen LogP contribution in [0.25, 0.3) is 11.3 Å². The molecule has 0 fully saturated rings. The van der Waals surface area contributed by atoms with Gasteiger partial charge in [-0.05, 0) is 23.6 Å². The number of rotatable bonds is 4. The van der Waals surface area contributed by atoms with Crippen molar-refractivity contribution in [3.05, 3.63) is 53.2 Å². The van der Waals surface area contributed by atoms with Gasteiger partial charge in [0, 0.05) is 23.6 Å². The lowest BCUT2D eigenvalue weighted by Crippen LogP contribution is -2.32. The summed E-state index contributed by atoms with van der Waals surface area (Å²) in [5, 5.41) is 4.35. The number of nitrogens with zero attached hydrogens (tertiary/aromatic N) is 2. The number of fused-ring (bicyclic) bond motifs is 1. The molecule has 0 bridgehead atoms. The number of hydrogen-bond donors (Lipinski definition) is 1. The second-order valence-corrected chi connectivity index (χ2v) is 8.06. The van der Waals surface area contributed by atoms with Crippen LogP contribution in [-0.4, -0.2) is 28.2 Å². The Morgan fingerprint density at radius 2 is 2.00 bits per heavy atom. The predicted molar refractivity (Wildman–Crippen MR) is 103 cm³/mol. The SMILES string of the molecule is CC(C)(C)[C@H](/C=C\C(=O)n1nc(-c2ccc(F)c(F)c2)c2c1CCOC2)C(N)=O. The minimum atomic E-state index is -0.997. The summed E-state index contributed by atoms with van der Waals surface area (Å²) in [6.07, 6.45) is 3.21. The molecule has 1 aromatic heterocycles. The molecule has 1 aliphatic rings. The summed E-state index contributed by atoms with van der Waals surface area (Å²) in [5.74, 6) is -3.57. The number of primary amides is 1. The van der Waals surface area contributed by atoms with Gasteiger partial charge in [-0.2, -0.15) is 5.10 Å². The molecule has 1 aromatic carbocycles. The minimum Gasteiger partial charge on any atom is -0.376 e. The molecule has 29 heavy (non-hydrogen) atoms. The van der Waals surface area contributed by atoms with Crippen LogP contribution in [0.1, 0.15) is 36.8 Å². The van der Waals surface area contributed by atoms with Gasteiger partial charge >= 0.3 is 0 Å². The van der Waals surface area contributed by atoms with E-state index in [0.717, 1.165) is 12.1 Å². The summed E-state index contributed by atoms with van der Waals surface area (Å²) in [4.78, 5) is 24.6. The van der Waals surface area contributed by atoms with Crippen LogP contribution < -0.4 is 5.73 Å². The zero-order valence-electron chi connectivity index (χ0n) is 16.5. The van der Waals surface area contributed by atoms with E-state index in [1.807, 2.05) is 20.8 Å². The van der Waals surface area contributed by atoms with E-state index in [9.17, 15) is 18.4 Å². The van der Waals surface area contributed by atoms with Crippen molar-refractivity contribution >= 4 is 11.8 Å². The zero-order valence-corrected chi connectivity index (χ0v) is 16.5. The number of benzene rings is 1. The molecular weight excluding hydrogens is 380 g/mol. The van der Waals surface area contributed by atoms with Gasteiger partial charge in [-0.3, -0.25) is 9.59 Å². The van der Waals surface area contributed by atoms with E-state index in [-0.39, 0.29) is 6.61 Å². The number of amides is 1. The highest BCUT2D eigenvalue weighted by molar-refractivity contribution is 5.92. The molecule has 0 radical (unpaired) electrons. The molecule has 0 saturated carbocycles. The Morgan fingerprint density at radius 1 is 1.28 bits per heavy atom. The summed E-state index contributed by atoms with van der Waals surface area (Å²) in [6, 6.07) is 3.46. The Labute approximate surface area is 167 Å². The van der Waals surface area contributed by atoms with Gasteiger partial charge in [0.2, 0.25) is 5.91 Å². The molecule has 0 aliphatic carbocycles. The Bertz CT molecular complexity index is 990. The minimum absolute atomic E-state index is 0.215. The number of hydrogen-bond acceptors (Lipinski definition) is 4. The van der Waals surface area contributed by atoms with Crippen molar-refractivity contribution in [2.75, 3.05) is 6.61 Å². The highest BCUT2D eigenvalue weighted by Crippen LogP contribution is 2.31. The van der Waals surface area contributed by atoms with Crippen LogP contribution in [0, 0.1) is 23.0 Å². The van der Waals surface area contributed by atoms with E-state index in [4.69, 9.17) is 10.5 Å². The van der Waals surface area contributed by atoms with Crippen molar-refractivity contribution in [3.63, 3.8) is 0 Å². The Morgan fingerprint density at radius 3 is 2.62 bits per heavy atom. The monoisotopic (exact) mass is 403 g/mol. The molecule has 1 amide bonds. The molecule has 1 atom stereocenters. The van der Waals surface area contributed by atoms with Crippen LogP contribution in [0.4, 0.5) is 8.78 Å². The number of carbonyl (C=O) groups excluding carboxylic acids is 2. The second kappa shape index (κ2) is 7.87. The lowest BCUT2D eigenvalue weighted by molar-refractivity contribution is -0.122. The lowest BCUT2D eigenvalue weighted by atomic mass is 9.80. The normalized spacial score (nSPS) is 15.3. The fraction of sp³-hybridized carbons (Fsp3) is 0.381. The van der Waals surface area contributed by atoms with Gasteiger partial charge in [0.1, 0.15) is 0 Å². The van der Waals surface area contributed by atoms with Gasteiger partial charge in [0.05, 0.1) is 30.5 Å². The quantitative estimate of drug-likeness (QED) is 0.794. The van der Waals surface area contributed by atoms with E-state index in [2.05, 4.69) is 5.10 Å². The molecule has 8 heteroatoms. The first-order valence-corrected chi connectivity index (χ1v) is 9.25. The van der Waals surface area contributed by atoms with Crippen molar-refractivity contribution in [3.8, 4) is 11.3 Å². The first kappa shape index (κ1) is 20.9. The Hall–Kier alpha value is -2.87. The molecule has 0 spiro atoms. The number of halogens is 2. The van der Waals surface area contributed by atoms with E-state index < -0.39 is 34.8 Å². The van der Waals surface area contributed by atoms with Gasteiger partial charge in [0.15, 0.2) is 11.6 Å². The van der Waals surface area contributed by atoms with Crippen molar-refractivity contribution < 1.29 is 23.1 Å². The van der Waals surface area contributed by atoms with E-state index in [1.54, 1.807) is 0 Å². The highest BCUT2D eigenvalue weighted by atomic mass is 19.2.